The number of imide groups is 1. The number of ether oxygens (including phenoxy) is 1. The van der Waals surface area contributed by atoms with Crippen molar-refractivity contribution in [2.45, 2.75) is 19.2 Å². The molecule has 0 saturated carbocycles. The largest absolute Gasteiger partial charge is 0.494 e. The van der Waals surface area contributed by atoms with Crippen LogP contribution in [0.4, 0.5) is 0 Å². The summed E-state index contributed by atoms with van der Waals surface area (Å²) in [5.41, 5.74) is 2.03. The molecule has 3 aromatic rings. The van der Waals surface area contributed by atoms with Crippen LogP contribution >= 0.6 is 11.8 Å². The van der Waals surface area contributed by atoms with Gasteiger partial charge in [-0.05, 0) is 42.3 Å². The Bertz CT molecular complexity index is 1060. The second kappa shape index (κ2) is 9.05. The number of carbonyl (C=O) groups excluding carboxylic acids is 2. The molecule has 30 heavy (non-hydrogen) atoms. The lowest BCUT2D eigenvalue weighted by Gasteiger charge is -2.15. The van der Waals surface area contributed by atoms with Crippen molar-refractivity contribution in [2.75, 3.05) is 6.61 Å². The van der Waals surface area contributed by atoms with Crippen LogP contribution in [0.3, 0.4) is 0 Å². The number of furan rings is 1. The third kappa shape index (κ3) is 4.19. The molecule has 0 saturated heterocycles. The van der Waals surface area contributed by atoms with E-state index in [1.54, 1.807) is 12.3 Å². The molecule has 0 radical (unpaired) electrons. The van der Waals surface area contributed by atoms with Crippen molar-refractivity contribution < 1.29 is 18.7 Å². The van der Waals surface area contributed by atoms with Crippen LogP contribution in [0.2, 0.25) is 0 Å². The van der Waals surface area contributed by atoms with Crippen LogP contribution in [-0.4, -0.2) is 23.3 Å². The minimum absolute atomic E-state index is 0.240. The van der Waals surface area contributed by atoms with Crippen molar-refractivity contribution in [3.05, 3.63) is 94.8 Å². The van der Waals surface area contributed by atoms with Crippen molar-refractivity contribution in [1.29, 1.82) is 0 Å². The number of hydrogen-bond acceptors (Lipinski definition) is 5. The highest BCUT2D eigenvalue weighted by Gasteiger charge is 2.39. The van der Waals surface area contributed by atoms with Gasteiger partial charge in [0.15, 0.2) is 0 Å². The molecule has 0 bridgehead atoms. The Morgan fingerprint density at radius 1 is 0.933 bits per heavy atom. The first-order valence-electron chi connectivity index (χ1n) is 9.70. The predicted octanol–water partition coefficient (Wildman–Crippen LogP) is 4.89. The zero-order valence-corrected chi connectivity index (χ0v) is 17.4. The van der Waals surface area contributed by atoms with E-state index in [0.717, 1.165) is 17.1 Å². The van der Waals surface area contributed by atoms with E-state index < -0.39 is 0 Å². The van der Waals surface area contributed by atoms with Gasteiger partial charge in [-0.15, -0.1) is 11.8 Å². The summed E-state index contributed by atoms with van der Waals surface area (Å²) < 4.78 is 10.9. The number of thioether (sulfide) groups is 1. The summed E-state index contributed by atoms with van der Waals surface area (Å²) >= 11 is 1.33. The number of benzene rings is 2. The van der Waals surface area contributed by atoms with E-state index in [9.17, 15) is 9.59 Å². The molecule has 4 rings (SSSR count). The van der Waals surface area contributed by atoms with E-state index in [-0.39, 0.29) is 18.4 Å². The average Bonchev–Trinajstić information content (AvgIpc) is 3.36. The van der Waals surface area contributed by atoms with Crippen LogP contribution in [0.1, 0.15) is 23.8 Å². The molecule has 6 heteroatoms. The smallest absolute Gasteiger partial charge is 0.268 e. The fourth-order valence-corrected chi connectivity index (χ4v) is 4.31. The van der Waals surface area contributed by atoms with Gasteiger partial charge in [0.05, 0.1) is 35.6 Å². The second-order valence-electron chi connectivity index (χ2n) is 6.71. The Morgan fingerprint density at radius 2 is 1.70 bits per heavy atom. The van der Waals surface area contributed by atoms with Crippen LogP contribution in [-0.2, 0) is 21.9 Å². The summed E-state index contributed by atoms with van der Waals surface area (Å²) in [6.07, 6.45) is 1.60. The Balaban J connectivity index is 1.66. The summed E-state index contributed by atoms with van der Waals surface area (Å²) in [6, 6.07) is 20.5. The van der Waals surface area contributed by atoms with Crippen LogP contribution < -0.4 is 4.74 Å². The maximum Gasteiger partial charge on any atom is 0.268 e. The molecule has 0 fully saturated rings. The molecule has 5 nitrogen and oxygen atoms in total. The standard InChI is InChI=1S/C24H21NO4S/c1-2-28-19-12-10-18(11-13-19)21-22(30-16-20-9-6-14-29-20)24(27)25(23(21)26)15-17-7-4-3-5-8-17/h3-14H,2,15-16H2,1H3. The van der Waals surface area contributed by atoms with E-state index in [2.05, 4.69) is 0 Å². The van der Waals surface area contributed by atoms with Gasteiger partial charge in [-0.25, -0.2) is 0 Å². The molecule has 1 aliphatic heterocycles. The molecule has 1 aliphatic rings. The summed E-state index contributed by atoms with van der Waals surface area (Å²) in [5, 5.41) is 0. The van der Waals surface area contributed by atoms with E-state index in [0.29, 0.717) is 28.4 Å². The molecule has 0 N–H and O–H groups in total. The zero-order chi connectivity index (χ0) is 20.9. The van der Waals surface area contributed by atoms with E-state index in [1.807, 2.05) is 67.6 Å². The minimum Gasteiger partial charge on any atom is -0.494 e. The molecule has 2 heterocycles. The zero-order valence-electron chi connectivity index (χ0n) is 16.5. The van der Waals surface area contributed by atoms with Crippen molar-refractivity contribution in [3.63, 3.8) is 0 Å². The van der Waals surface area contributed by atoms with E-state index >= 15 is 0 Å². The lowest BCUT2D eigenvalue weighted by molar-refractivity contribution is -0.137. The first-order chi connectivity index (χ1) is 14.7. The van der Waals surface area contributed by atoms with Crippen molar-refractivity contribution >= 4 is 29.1 Å². The van der Waals surface area contributed by atoms with Crippen LogP contribution in [0.15, 0.2) is 82.3 Å². The van der Waals surface area contributed by atoms with Gasteiger partial charge in [0.1, 0.15) is 11.5 Å². The predicted molar refractivity (Wildman–Crippen MR) is 117 cm³/mol. The number of carbonyl (C=O) groups is 2. The lowest BCUT2D eigenvalue weighted by atomic mass is 10.1. The number of amides is 2. The van der Waals surface area contributed by atoms with Crippen LogP contribution in [0.25, 0.3) is 5.57 Å². The quantitative estimate of drug-likeness (QED) is 0.487. The fraction of sp³-hybridized carbons (Fsp3) is 0.167. The van der Waals surface area contributed by atoms with Crippen molar-refractivity contribution in [3.8, 4) is 5.75 Å². The summed E-state index contributed by atoms with van der Waals surface area (Å²) in [7, 11) is 0. The van der Waals surface area contributed by atoms with Crippen molar-refractivity contribution in [2.24, 2.45) is 0 Å². The lowest BCUT2D eigenvalue weighted by Crippen LogP contribution is -2.30. The van der Waals surface area contributed by atoms with Gasteiger partial charge in [-0.2, -0.15) is 0 Å². The Kier molecular flexibility index (Phi) is 6.05. The second-order valence-corrected chi connectivity index (χ2v) is 7.70. The van der Waals surface area contributed by atoms with Gasteiger partial charge >= 0.3 is 0 Å². The fourth-order valence-electron chi connectivity index (χ4n) is 3.27. The van der Waals surface area contributed by atoms with E-state index in [1.165, 1.54) is 16.7 Å². The molecule has 1 aromatic heterocycles. The van der Waals surface area contributed by atoms with Gasteiger partial charge in [0.25, 0.3) is 11.8 Å². The third-order valence-electron chi connectivity index (χ3n) is 4.70. The number of rotatable bonds is 8. The molecular weight excluding hydrogens is 398 g/mol. The SMILES string of the molecule is CCOc1ccc(C2=C(SCc3ccco3)C(=O)N(Cc3ccccc3)C2=O)cc1. The Labute approximate surface area is 179 Å². The molecule has 152 valence electrons. The summed E-state index contributed by atoms with van der Waals surface area (Å²) in [6.45, 7) is 2.72. The monoisotopic (exact) mass is 419 g/mol. The molecule has 0 atom stereocenters. The normalized spacial score (nSPS) is 14.0. The van der Waals surface area contributed by atoms with Gasteiger partial charge < -0.3 is 9.15 Å². The molecule has 2 amide bonds. The topological polar surface area (TPSA) is 59.8 Å². The maximum absolute atomic E-state index is 13.3. The highest BCUT2D eigenvalue weighted by molar-refractivity contribution is 8.03. The molecular formula is C24H21NO4S. The molecule has 0 spiro atoms. The van der Waals surface area contributed by atoms with Gasteiger partial charge in [0.2, 0.25) is 0 Å². The maximum atomic E-state index is 13.3. The minimum atomic E-state index is -0.282. The van der Waals surface area contributed by atoms with Crippen LogP contribution in [0.5, 0.6) is 5.75 Å². The molecule has 0 unspecified atom stereocenters. The summed E-state index contributed by atoms with van der Waals surface area (Å²) in [4.78, 5) is 28.2. The first kappa shape index (κ1) is 20.0. The Hall–Kier alpha value is -3.25. The Morgan fingerprint density at radius 3 is 2.37 bits per heavy atom. The number of nitrogens with zero attached hydrogens (tertiary/aromatic N) is 1. The van der Waals surface area contributed by atoms with Crippen molar-refractivity contribution in [1.82, 2.24) is 4.90 Å². The van der Waals surface area contributed by atoms with Gasteiger partial charge in [0, 0.05) is 0 Å². The molecule has 2 aromatic carbocycles. The number of hydrogen-bond donors (Lipinski definition) is 0. The van der Waals surface area contributed by atoms with Gasteiger partial charge in [-0.3, -0.25) is 14.5 Å². The average molecular weight is 420 g/mol. The van der Waals surface area contributed by atoms with Crippen LogP contribution in [0, 0.1) is 0 Å². The highest BCUT2D eigenvalue weighted by Crippen LogP contribution is 2.38. The molecule has 0 aliphatic carbocycles. The third-order valence-corrected chi connectivity index (χ3v) is 5.80. The first-order valence-corrected chi connectivity index (χ1v) is 10.7. The highest BCUT2D eigenvalue weighted by atomic mass is 32.2. The van der Waals surface area contributed by atoms with Gasteiger partial charge in [-0.1, -0.05) is 42.5 Å². The summed E-state index contributed by atoms with van der Waals surface area (Å²) in [5.74, 6) is 1.39. The van der Waals surface area contributed by atoms with E-state index in [4.69, 9.17) is 9.15 Å².